The average Bonchev–Trinajstić information content (AvgIpc) is 2.37. The molecule has 2 N–H and O–H groups in total. The predicted octanol–water partition coefficient (Wildman–Crippen LogP) is 1.79. The van der Waals surface area contributed by atoms with Crippen LogP contribution in [0.5, 0.6) is 0 Å². The summed E-state index contributed by atoms with van der Waals surface area (Å²) in [6, 6.07) is 6.06. The van der Waals surface area contributed by atoms with Gasteiger partial charge >= 0.3 is 0 Å². The van der Waals surface area contributed by atoms with E-state index >= 15 is 0 Å². The number of carbonyl (C=O) groups is 1. The first-order valence-corrected chi connectivity index (χ1v) is 6.16. The van der Waals surface area contributed by atoms with Crippen molar-refractivity contribution < 1.29 is 9.72 Å². The number of amides is 1. The van der Waals surface area contributed by atoms with E-state index in [9.17, 15) is 14.9 Å². The number of hydrogen-bond donors (Lipinski definition) is 2. The van der Waals surface area contributed by atoms with Gasteiger partial charge in [-0.1, -0.05) is 0 Å². The lowest BCUT2D eigenvalue weighted by molar-refractivity contribution is -0.385. The zero-order chi connectivity index (χ0) is 15.1. The molecule has 0 saturated carbocycles. The molecular weight excluding hydrogens is 260 g/mol. The highest BCUT2D eigenvalue weighted by Gasteiger charge is 2.13. The van der Waals surface area contributed by atoms with E-state index in [-0.39, 0.29) is 29.6 Å². The second-order valence-electron chi connectivity index (χ2n) is 4.50. The van der Waals surface area contributed by atoms with Gasteiger partial charge in [-0.15, -0.1) is 0 Å². The zero-order valence-electron chi connectivity index (χ0n) is 11.3. The lowest BCUT2D eigenvalue weighted by Gasteiger charge is -2.09. The lowest BCUT2D eigenvalue weighted by atomic mass is 10.1. The minimum Gasteiger partial charge on any atom is -0.384 e. The van der Waals surface area contributed by atoms with Crippen molar-refractivity contribution in [2.24, 2.45) is 0 Å². The third-order valence-corrected chi connectivity index (χ3v) is 2.44. The van der Waals surface area contributed by atoms with Crippen LogP contribution in [0.3, 0.4) is 0 Å². The van der Waals surface area contributed by atoms with Crippen LogP contribution < -0.4 is 10.6 Å². The normalized spacial score (nSPS) is 9.90. The Morgan fingerprint density at radius 2 is 2.20 bits per heavy atom. The molecule has 0 saturated heterocycles. The van der Waals surface area contributed by atoms with Gasteiger partial charge in [0.05, 0.1) is 4.92 Å². The zero-order valence-corrected chi connectivity index (χ0v) is 11.3. The highest BCUT2D eigenvalue weighted by Crippen LogP contribution is 2.21. The Morgan fingerprint density at radius 3 is 2.75 bits per heavy atom. The minimum absolute atomic E-state index is 0.00775. The van der Waals surface area contributed by atoms with E-state index < -0.39 is 4.92 Å². The Balaban J connectivity index is 2.60. The van der Waals surface area contributed by atoms with Crippen molar-refractivity contribution in [1.82, 2.24) is 5.32 Å². The van der Waals surface area contributed by atoms with Gasteiger partial charge in [-0.05, 0) is 26.0 Å². The van der Waals surface area contributed by atoms with E-state index in [1.807, 2.05) is 13.8 Å². The topological polar surface area (TPSA) is 108 Å². The molecule has 1 aromatic carbocycles. The van der Waals surface area contributed by atoms with Crippen molar-refractivity contribution in [2.45, 2.75) is 26.3 Å². The molecule has 0 aliphatic carbocycles. The molecule has 7 nitrogen and oxygen atoms in total. The number of hydrogen-bond acceptors (Lipinski definition) is 5. The molecule has 20 heavy (non-hydrogen) atoms. The molecule has 1 rings (SSSR count). The van der Waals surface area contributed by atoms with E-state index in [0.717, 1.165) is 0 Å². The highest BCUT2D eigenvalue weighted by molar-refractivity contribution is 5.76. The van der Waals surface area contributed by atoms with Gasteiger partial charge in [0.2, 0.25) is 5.91 Å². The lowest BCUT2D eigenvalue weighted by Crippen LogP contribution is -2.31. The van der Waals surface area contributed by atoms with E-state index in [0.29, 0.717) is 12.2 Å². The summed E-state index contributed by atoms with van der Waals surface area (Å²) in [5.74, 6) is -0.0741. The van der Waals surface area contributed by atoms with Crippen LogP contribution in [0.4, 0.5) is 11.4 Å². The number of rotatable bonds is 6. The van der Waals surface area contributed by atoms with Crippen molar-refractivity contribution in [2.75, 3.05) is 11.9 Å². The van der Waals surface area contributed by atoms with E-state index in [1.165, 1.54) is 18.2 Å². The third kappa shape index (κ3) is 4.57. The smallest absolute Gasteiger partial charge is 0.287 e. The molecule has 0 atom stereocenters. The molecule has 7 heteroatoms. The van der Waals surface area contributed by atoms with Gasteiger partial charge < -0.3 is 10.6 Å². The van der Waals surface area contributed by atoms with E-state index in [4.69, 9.17) is 5.26 Å². The maximum absolute atomic E-state index is 11.4. The number of nitrogens with one attached hydrogen (secondary N) is 2. The minimum atomic E-state index is -0.599. The summed E-state index contributed by atoms with van der Waals surface area (Å²) in [5, 5.41) is 25.2. The molecule has 0 fully saturated rings. The molecule has 1 aromatic rings. The van der Waals surface area contributed by atoms with Gasteiger partial charge in [0.15, 0.2) is 0 Å². The summed E-state index contributed by atoms with van der Waals surface area (Å²) in [6.45, 7) is 4.14. The van der Waals surface area contributed by atoms with Gasteiger partial charge in [-0.2, -0.15) is 5.26 Å². The van der Waals surface area contributed by atoms with Gasteiger partial charge in [-0.25, -0.2) is 0 Å². The van der Waals surface area contributed by atoms with Gasteiger partial charge in [0.25, 0.3) is 5.69 Å². The van der Waals surface area contributed by atoms with Crippen molar-refractivity contribution in [3.05, 3.63) is 33.9 Å². The van der Waals surface area contributed by atoms with Crippen LogP contribution in [-0.2, 0) is 4.79 Å². The summed E-state index contributed by atoms with van der Waals surface area (Å²) in [6.07, 6.45) is 0.289. The van der Waals surface area contributed by atoms with E-state index in [2.05, 4.69) is 10.6 Å². The fourth-order valence-electron chi connectivity index (χ4n) is 1.61. The Hall–Kier alpha value is -2.62. The molecule has 0 spiro atoms. The Labute approximate surface area is 116 Å². The number of nitro groups is 1. The summed E-state index contributed by atoms with van der Waals surface area (Å²) >= 11 is 0. The van der Waals surface area contributed by atoms with Crippen molar-refractivity contribution in [3.63, 3.8) is 0 Å². The molecule has 0 unspecified atom stereocenters. The molecule has 0 radical (unpaired) electrons. The second kappa shape index (κ2) is 7.09. The van der Waals surface area contributed by atoms with Crippen molar-refractivity contribution >= 4 is 17.3 Å². The second-order valence-corrected chi connectivity index (χ2v) is 4.50. The molecule has 0 aliphatic rings. The summed E-state index contributed by atoms with van der Waals surface area (Å²) in [4.78, 5) is 21.5. The van der Waals surface area contributed by atoms with Crippen molar-refractivity contribution in [1.29, 1.82) is 5.26 Å². The quantitative estimate of drug-likeness (QED) is 0.608. The van der Waals surface area contributed by atoms with Crippen LogP contribution in [-0.4, -0.2) is 23.4 Å². The van der Waals surface area contributed by atoms with Gasteiger partial charge in [-0.3, -0.25) is 14.9 Å². The Kier molecular flexibility index (Phi) is 5.47. The van der Waals surface area contributed by atoms with Crippen molar-refractivity contribution in [3.8, 4) is 6.07 Å². The van der Waals surface area contributed by atoms with Gasteiger partial charge in [0, 0.05) is 30.8 Å². The monoisotopic (exact) mass is 276 g/mol. The highest BCUT2D eigenvalue weighted by atomic mass is 16.6. The van der Waals surface area contributed by atoms with Gasteiger partial charge in [0.1, 0.15) is 11.6 Å². The molecule has 106 valence electrons. The standard InChI is InChI=1S/C13H16N4O3/c1-9(2)16-13(18)5-6-15-11-3-4-12(17(19)20)10(7-11)8-14/h3-4,7,9,15H,5-6H2,1-2H3,(H,16,18). The maximum Gasteiger partial charge on any atom is 0.287 e. The number of carbonyl (C=O) groups excluding carboxylic acids is 1. The molecule has 0 heterocycles. The van der Waals surface area contributed by atoms with Crippen LogP contribution in [0.25, 0.3) is 0 Å². The Morgan fingerprint density at radius 1 is 1.50 bits per heavy atom. The first-order valence-electron chi connectivity index (χ1n) is 6.16. The first kappa shape index (κ1) is 15.4. The Bertz CT molecular complexity index is 549. The number of nitro benzene ring substituents is 1. The number of nitrogens with zero attached hydrogens (tertiary/aromatic N) is 2. The maximum atomic E-state index is 11.4. The molecule has 0 aliphatic heterocycles. The van der Waals surface area contributed by atoms with Crippen LogP contribution in [0.1, 0.15) is 25.8 Å². The predicted molar refractivity (Wildman–Crippen MR) is 74.2 cm³/mol. The summed E-state index contributed by atoms with van der Waals surface area (Å²) < 4.78 is 0. The SMILES string of the molecule is CC(C)NC(=O)CCNc1ccc([N+](=O)[O-])c(C#N)c1. The number of anilines is 1. The first-order chi connectivity index (χ1) is 9.43. The molecule has 0 bridgehead atoms. The number of nitriles is 1. The third-order valence-electron chi connectivity index (χ3n) is 2.44. The fraction of sp³-hybridized carbons (Fsp3) is 0.385. The van der Waals surface area contributed by atoms with Crippen LogP contribution in [0, 0.1) is 21.4 Å². The summed E-state index contributed by atoms with van der Waals surface area (Å²) in [5.41, 5.74) is 0.340. The molecular formula is C13H16N4O3. The van der Waals surface area contributed by atoms with Crippen LogP contribution in [0.15, 0.2) is 18.2 Å². The van der Waals surface area contributed by atoms with Crippen LogP contribution in [0.2, 0.25) is 0 Å². The molecule has 1 amide bonds. The van der Waals surface area contributed by atoms with Crippen LogP contribution >= 0.6 is 0 Å². The largest absolute Gasteiger partial charge is 0.384 e. The summed E-state index contributed by atoms with van der Waals surface area (Å²) in [7, 11) is 0. The fourth-order valence-corrected chi connectivity index (χ4v) is 1.61. The average molecular weight is 276 g/mol. The molecule has 0 aromatic heterocycles. The van der Waals surface area contributed by atoms with E-state index in [1.54, 1.807) is 6.07 Å². The number of benzene rings is 1.